The van der Waals surface area contributed by atoms with E-state index in [0.717, 1.165) is 11.1 Å². The van der Waals surface area contributed by atoms with Crippen LogP contribution in [-0.4, -0.2) is 37.6 Å². The zero-order valence-electron chi connectivity index (χ0n) is 18.0. The number of aromatic nitrogens is 3. The molecule has 0 aliphatic carbocycles. The lowest BCUT2D eigenvalue weighted by atomic mass is 10.1. The first kappa shape index (κ1) is 20.8. The van der Waals surface area contributed by atoms with Gasteiger partial charge in [-0.2, -0.15) is 4.98 Å². The molecule has 3 heterocycles. The van der Waals surface area contributed by atoms with Gasteiger partial charge < -0.3 is 19.3 Å². The van der Waals surface area contributed by atoms with Crippen LogP contribution in [0.3, 0.4) is 0 Å². The molecule has 8 heteroatoms. The molecule has 0 saturated heterocycles. The Bertz CT molecular complexity index is 1290. The summed E-state index contributed by atoms with van der Waals surface area (Å²) in [6, 6.07) is 18.5. The van der Waals surface area contributed by atoms with Gasteiger partial charge in [0.15, 0.2) is 5.60 Å². The van der Waals surface area contributed by atoms with Gasteiger partial charge in [0.2, 0.25) is 5.82 Å². The summed E-state index contributed by atoms with van der Waals surface area (Å²) in [6.07, 6.45) is 3.46. The first-order valence-corrected chi connectivity index (χ1v) is 10.6. The van der Waals surface area contributed by atoms with Gasteiger partial charge in [0, 0.05) is 35.6 Å². The van der Waals surface area contributed by atoms with Crippen LogP contribution < -0.4 is 4.74 Å². The van der Waals surface area contributed by atoms with Crippen molar-refractivity contribution in [3.8, 4) is 17.1 Å². The molecule has 0 saturated carbocycles. The van der Waals surface area contributed by atoms with Crippen LogP contribution in [0.2, 0.25) is 0 Å². The molecule has 2 aromatic heterocycles. The number of pyridine rings is 1. The van der Waals surface area contributed by atoms with E-state index in [0.29, 0.717) is 35.9 Å². The van der Waals surface area contributed by atoms with Crippen LogP contribution >= 0.6 is 0 Å². The summed E-state index contributed by atoms with van der Waals surface area (Å²) in [6.45, 7) is 2.42. The predicted octanol–water partition coefficient (Wildman–Crippen LogP) is 3.57. The highest BCUT2D eigenvalue weighted by Gasteiger charge is 2.37. The number of hydrogen-bond acceptors (Lipinski definition) is 7. The van der Waals surface area contributed by atoms with E-state index < -0.39 is 5.60 Å². The lowest BCUT2D eigenvalue weighted by Gasteiger charge is -2.25. The number of benzene rings is 2. The van der Waals surface area contributed by atoms with Gasteiger partial charge in [-0.15, -0.1) is 0 Å². The van der Waals surface area contributed by atoms with Gasteiger partial charge in [0.1, 0.15) is 12.4 Å². The maximum absolute atomic E-state index is 12.7. The van der Waals surface area contributed by atoms with Gasteiger partial charge in [-0.3, -0.25) is 9.78 Å². The Morgan fingerprint density at radius 3 is 2.85 bits per heavy atom. The average molecular weight is 442 g/mol. The molecule has 1 amide bonds. The highest BCUT2D eigenvalue weighted by atomic mass is 16.5. The lowest BCUT2D eigenvalue weighted by molar-refractivity contribution is -0.00754. The van der Waals surface area contributed by atoms with Crippen LogP contribution in [0.25, 0.3) is 11.4 Å². The van der Waals surface area contributed by atoms with Gasteiger partial charge in [0.05, 0.1) is 6.54 Å². The molecule has 166 valence electrons. The minimum atomic E-state index is -1.50. The number of carbonyl (C=O) groups excluding carboxylic acids is 1. The van der Waals surface area contributed by atoms with E-state index >= 15 is 0 Å². The van der Waals surface area contributed by atoms with Crippen LogP contribution in [0.1, 0.15) is 34.3 Å². The number of hydrogen-bond donors (Lipinski definition) is 1. The number of aliphatic hydroxyl groups is 1. The van der Waals surface area contributed by atoms with E-state index in [1.165, 1.54) is 0 Å². The number of rotatable bonds is 7. The number of amides is 1. The standard InChI is InChI=1S/C25H22N4O4/c1-25(31,16-29-14-19-7-2-3-10-21(19)23(29)30)24-27-22(28-33-24)18-8-4-9-20(12-18)32-15-17-6-5-11-26-13-17/h2-13,31H,14-16H2,1H3. The van der Waals surface area contributed by atoms with Crippen LogP contribution in [0, 0.1) is 0 Å². The third-order valence-corrected chi connectivity index (χ3v) is 5.50. The topological polar surface area (TPSA) is 102 Å². The fourth-order valence-electron chi connectivity index (χ4n) is 3.82. The second-order valence-corrected chi connectivity index (χ2v) is 8.19. The molecule has 1 atom stereocenters. The summed E-state index contributed by atoms with van der Waals surface area (Å²) in [5.41, 5.74) is 1.74. The molecule has 2 aromatic carbocycles. The Hall–Kier alpha value is -4.04. The molecule has 0 bridgehead atoms. The monoisotopic (exact) mass is 442 g/mol. The summed E-state index contributed by atoms with van der Waals surface area (Å²) < 4.78 is 11.2. The van der Waals surface area contributed by atoms with Crippen LogP contribution in [0.4, 0.5) is 0 Å². The fraction of sp³-hybridized carbons (Fsp3) is 0.200. The summed E-state index contributed by atoms with van der Waals surface area (Å²) in [5.74, 6) is 0.898. The number of carbonyl (C=O) groups is 1. The summed E-state index contributed by atoms with van der Waals surface area (Å²) in [7, 11) is 0. The first-order chi connectivity index (χ1) is 16.0. The van der Waals surface area contributed by atoms with E-state index in [4.69, 9.17) is 9.26 Å². The van der Waals surface area contributed by atoms with E-state index in [-0.39, 0.29) is 18.3 Å². The molecule has 5 rings (SSSR count). The van der Waals surface area contributed by atoms with E-state index in [1.54, 1.807) is 36.4 Å². The molecule has 0 radical (unpaired) electrons. The third kappa shape index (κ3) is 4.33. The lowest BCUT2D eigenvalue weighted by Crippen LogP contribution is -2.39. The maximum atomic E-state index is 12.7. The van der Waals surface area contributed by atoms with Crippen molar-refractivity contribution >= 4 is 5.91 Å². The zero-order valence-corrected chi connectivity index (χ0v) is 18.0. The Kier molecular flexibility index (Phi) is 5.35. The van der Waals surface area contributed by atoms with Crippen molar-refractivity contribution in [3.05, 3.63) is 95.6 Å². The third-order valence-electron chi connectivity index (χ3n) is 5.50. The molecule has 0 spiro atoms. The van der Waals surface area contributed by atoms with Crippen LogP contribution in [0.5, 0.6) is 5.75 Å². The van der Waals surface area contributed by atoms with E-state index in [2.05, 4.69) is 15.1 Å². The molecule has 8 nitrogen and oxygen atoms in total. The predicted molar refractivity (Wildman–Crippen MR) is 119 cm³/mol. The molecule has 1 aliphatic heterocycles. The highest BCUT2D eigenvalue weighted by molar-refractivity contribution is 5.98. The molecular weight excluding hydrogens is 420 g/mol. The quantitative estimate of drug-likeness (QED) is 0.467. The minimum Gasteiger partial charge on any atom is -0.489 e. The van der Waals surface area contributed by atoms with Crippen molar-refractivity contribution < 1.29 is 19.2 Å². The maximum Gasteiger partial charge on any atom is 0.260 e. The number of ether oxygens (including phenoxy) is 1. The smallest absolute Gasteiger partial charge is 0.260 e. The van der Waals surface area contributed by atoms with Crippen molar-refractivity contribution in [2.45, 2.75) is 25.7 Å². The Morgan fingerprint density at radius 1 is 1.15 bits per heavy atom. The summed E-state index contributed by atoms with van der Waals surface area (Å²) in [5, 5.41) is 15.1. The molecule has 0 fully saturated rings. The molecule has 4 aromatic rings. The first-order valence-electron chi connectivity index (χ1n) is 10.6. The normalized spacial score (nSPS) is 14.7. The molecular formula is C25H22N4O4. The van der Waals surface area contributed by atoms with Crippen molar-refractivity contribution in [2.24, 2.45) is 0 Å². The van der Waals surface area contributed by atoms with Gasteiger partial charge in [-0.1, -0.05) is 41.6 Å². The molecule has 1 N–H and O–H groups in total. The fourth-order valence-corrected chi connectivity index (χ4v) is 3.82. The van der Waals surface area contributed by atoms with Gasteiger partial charge >= 0.3 is 0 Å². The Labute approximate surface area is 190 Å². The van der Waals surface area contributed by atoms with E-state index in [1.807, 2.05) is 48.5 Å². The Morgan fingerprint density at radius 2 is 2.03 bits per heavy atom. The summed E-state index contributed by atoms with van der Waals surface area (Å²) >= 11 is 0. The molecule has 1 unspecified atom stereocenters. The van der Waals surface area contributed by atoms with Gasteiger partial charge in [0.25, 0.3) is 11.8 Å². The number of fused-ring (bicyclic) bond motifs is 1. The van der Waals surface area contributed by atoms with Crippen molar-refractivity contribution in [1.29, 1.82) is 0 Å². The van der Waals surface area contributed by atoms with Crippen molar-refractivity contribution in [2.75, 3.05) is 6.54 Å². The van der Waals surface area contributed by atoms with Crippen LogP contribution in [-0.2, 0) is 18.8 Å². The van der Waals surface area contributed by atoms with Crippen LogP contribution in [0.15, 0.2) is 77.6 Å². The second kappa shape index (κ2) is 8.48. The zero-order chi connectivity index (χ0) is 22.8. The van der Waals surface area contributed by atoms with Crippen molar-refractivity contribution in [3.63, 3.8) is 0 Å². The van der Waals surface area contributed by atoms with E-state index in [9.17, 15) is 9.90 Å². The number of β-amino-alcohol motifs (C(OH)–C–C–N with tert-alkyl or cyclic N) is 1. The average Bonchev–Trinajstić information content (AvgIpc) is 3.45. The highest BCUT2D eigenvalue weighted by Crippen LogP contribution is 2.29. The van der Waals surface area contributed by atoms with Gasteiger partial charge in [-0.25, -0.2) is 0 Å². The van der Waals surface area contributed by atoms with Gasteiger partial charge in [-0.05, 0) is 36.8 Å². The molecule has 33 heavy (non-hydrogen) atoms. The number of nitrogens with zero attached hydrogens (tertiary/aromatic N) is 4. The minimum absolute atomic E-state index is 0.0381. The largest absolute Gasteiger partial charge is 0.489 e. The second-order valence-electron chi connectivity index (χ2n) is 8.19. The summed E-state index contributed by atoms with van der Waals surface area (Å²) in [4.78, 5) is 22.7. The SMILES string of the molecule is CC(O)(CN1Cc2ccccc2C1=O)c1nc(-c2cccc(OCc3cccnc3)c2)no1. The Balaban J connectivity index is 1.29. The van der Waals surface area contributed by atoms with Crippen molar-refractivity contribution in [1.82, 2.24) is 20.0 Å². The molecule has 1 aliphatic rings.